The van der Waals surface area contributed by atoms with Gasteiger partial charge in [-0.25, -0.2) is 0 Å². The topological polar surface area (TPSA) is 74.8 Å². The molecule has 1 atom stereocenters. The number of rotatable bonds is 9. The van der Waals surface area contributed by atoms with E-state index in [0.29, 0.717) is 11.8 Å². The van der Waals surface area contributed by atoms with Gasteiger partial charge in [0.25, 0.3) is 5.91 Å². The lowest BCUT2D eigenvalue weighted by atomic mass is 9.93. The summed E-state index contributed by atoms with van der Waals surface area (Å²) in [6, 6.07) is 14.6. The number of quaternary nitrogens is 1. The van der Waals surface area contributed by atoms with Gasteiger partial charge in [-0.15, -0.1) is 0 Å². The summed E-state index contributed by atoms with van der Waals surface area (Å²) in [5.41, 5.74) is 5.47. The lowest BCUT2D eigenvalue weighted by Gasteiger charge is -2.20. The van der Waals surface area contributed by atoms with Crippen LogP contribution in [0.25, 0.3) is 0 Å². The molecule has 0 aromatic heterocycles. The SMILES string of the molecule is Cc1cccc(NC(=O)CNC(=O)C[NH2+][C@@H](c2ccc(C(C)C)cc2)C(C)C)c1C. The summed E-state index contributed by atoms with van der Waals surface area (Å²) in [4.78, 5) is 24.5. The Morgan fingerprint density at radius 1 is 0.900 bits per heavy atom. The smallest absolute Gasteiger partial charge is 0.275 e. The number of hydrogen-bond donors (Lipinski definition) is 3. The van der Waals surface area contributed by atoms with Gasteiger partial charge in [0, 0.05) is 17.2 Å². The van der Waals surface area contributed by atoms with Crippen LogP contribution >= 0.6 is 0 Å². The lowest BCUT2D eigenvalue weighted by Crippen LogP contribution is -2.88. The molecule has 0 aliphatic heterocycles. The Hall–Kier alpha value is -2.66. The van der Waals surface area contributed by atoms with Crippen LogP contribution in [0, 0.1) is 19.8 Å². The van der Waals surface area contributed by atoms with Gasteiger partial charge in [0.1, 0.15) is 6.04 Å². The number of amides is 2. The van der Waals surface area contributed by atoms with Crippen LogP contribution in [-0.4, -0.2) is 24.9 Å². The first kappa shape index (κ1) is 23.6. The third kappa shape index (κ3) is 6.70. The van der Waals surface area contributed by atoms with Crippen molar-refractivity contribution in [2.24, 2.45) is 5.92 Å². The van der Waals surface area contributed by atoms with E-state index >= 15 is 0 Å². The van der Waals surface area contributed by atoms with Crippen LogP contribution in [0.1, 0.15) is 61.9 Å². The summed E-state index contributed by atoms with van der Waals surface area (Å²) in [6.07, 6.45) is 0. The van der Waals surface area contributed by atoms with Gasteiger partial charge >= 0.3 is 0 Å². The minimum absolute atomic E-state index is 0.0323. The number of nitrogens with two attached hydrogens (primary N) is 1. The number of hydrogen-bond acceptors (Lipinski definition) is 2. The molecular weight excluding hydrogens is 374 g/mol. The highest BCUT2D eigenvalue weighted by Crippen LogP contribution is 2.21. The van der Waals surface area contributed by atoms with Crippen molar-refractivity contribution in [2.45, 2.75) is 53.5 Å². The zero-order valence-electron chi connectivity index (χ0n) is 19.1. The molecule has 2 amide bonds. The molecule has 0 aliphatic carbocycles. The lowest BCUT2D eigenvalue weighted by molar-refractivity contribution is -0.692. The number of carbonyl (C=O) groups is 2. The van der Waals surface area contributed by atoms with E-state index in [1.807, 2.05) is 37.4 Å². The molecule has 2 aromatic rings. The summed E-state index contributed by atoms with van der Waals surface area (Å²) >= 11 is 0. The van der Waals surface area contributed by atoms with Crippen molar-refractivity contribution in [1.82, 2.24) is 5.32 Å². The summed E-state index contributed by atoms with van der Waals surface area (Å²) < 4.78 is 0. The second kappa shape index (κ2) is 10.9. The van der Waals surface area contributed by atoms with Crippen LogP contribution in [0.5, 0.6) is 0 Å². The second-order valence-corrected chi connectivity index (χ2v) is 8.60. The fourth-order valence-electron chi connectivity index (χ4n) is 3.46. The van der Waals surface area contributed by atoms with Crippen LogP contribution in [0.15, 0.2) is 42.5 Å². The van der Waals surface area contributed by atoms with Crippen molar-refractivity contribution in [2.75, 3.05) is 18.4 Å². The van der Waals surface area contributed by atoms with Crippen molar-refractivity contribution >= 4 is 17.5 Å². The Morgan fingerprint density at radius 3 is 2.13 bits per heavy atom. The number of anilines is 1. The molecule has 5 heteroatoms. The van der Waals surface area contributed by atoms with Crippen LogP contribution < -0.4 is 16.0 Å². The molecule has 0 unspecified atom stereocenters. The summed E-state index contributed by atoms with van der Waals surface area (Å²) in [5.74, 6) is 0.522. The molecule has 0 aliphatic rings. The van der Waals surface area contributed by atoms with Crippen LogP contribution in [-0.2, 0) is 9.59 Å². The summed E-state index contributed by atoms with van der Waals surface area (Å²) in [7, 11) is 0. The fourth-order valence-corrected chi connectivity index (χ4v) is 3.46. The zero-order chi connectivity index (χ0) is 22.3. The van der Waals surface area contributed by atoms with Gasteiger partial charge in [-0.1, -0.05) is 64.1 Å². The van der Waals surface area contributed by atoms with E-state index < -0.39 is 0 Å². The Bertz CT molecular complexity index is 857. The maximum Gasteiger partial charge on any atom is 0.275 e. The molecule has 0 bridgehead atoms. The Balaban J connectivity index is 1.85. The normalized spacial score (nSPS) is 12.1. The van der Waals surface area contributed by atoms with Gasteiger partial charge in [-0.05, 0) is 42.5 Å². The van der Waals surface area contributed by atoms with E-state index in [0.717, 1.165) is 16.8 Å². The minimum Gasteiger partial charge on any atom is -0.342 e. The molecule has 4 N–H and O–H groups in total. The third-order valence-electron chi connectivity index (χ3n) is 5.59. The molecule has 2 aromatic carbocycles. The molecule has 0 saturated carbocycles. The van der Waals surface area contributed by atoms with Gasteiger partial charge in [0.05, 0.1) is 6.54 Å². The molecule has 5 nitrogen and oxygen atoms in total. The first-order valence-electron chi connectivity index (χ1n) is 10.7. The number of nitrogens with one attached hydrogen (secondary N) is 2. The van der Waals surface area contributed by atoms with Gasteiger partial charge in [-0.3, -0.25) is 9.59 Å². The molecule has 162 valence electrons. The van der Waals surface area contributed by atoms with Gasteiger partial charge < -0.3 is 16.0 Å². The number of carbonyl (C=O) groups excluding carboxylic acids is 2. The fraction of sp³-hybridized carbons (Fsp3) is 0.440. The van der Waals surface area contributed by atoms with Gasteiger partial charge in [-0.2, -0.15) is 0 Å². The quantitative estimate of drug-likeness (QED) is 0.592. The zero-order valence-corrected chi connectivity index (χ0v) is 19.1. The third-order valence-corrected chi connectivity index (χ3v) is 5.59. The molecule has 30 heavy (non-hydrogen) atoms. The molecule has 0 saturated heterocycles. The second-order valence-electron chi connectivity index (χ2n) is 8.60. The highest BCUT2D eigenvalue weighted by atomic mass is 16.2. The van der Waals surface area contributed by atoms with Crippen molar-refractivity contribution in [3.05, 3.63) is 64.7 Å². The molecule has 0 radical (unpaired) electrons. The average molecular weight is 411 g/mol. The van der Waals surface area contributed by atoms with E-state index in [-0.39, 0.29) is 30.9 Å². The van der Waals surface area contributed by atoms with Gasteiger partial charge in [0.15, 0.2) is 6.54 Å². The first-order chi connectivity index (χ1) is 14.2. The van der Waals surface area contributed by atoms with Crippen LogP contribution in [0.4, 0.5) is 5.69 Å². The molecule has 0 heterocycles. The van der Waals surface area contributed by atoms with Gasteiger partial charge in [0.2, 0.25) is 5.91 Å². The molecule has 0 fully saturated rings. The molecule has 0 spiro atoms. The Kier molecular flexibility index (Phi) is 8.60. The largest absolute Gasteiger partial charge is 0.342 e. The first-order valence-corrected chi connectivity index (χ1v) is 10.7. The summed E-state index contributed by atoms with van der Waals surface area (Å²) in [6.45, 7) is 12.9. The average Bonchev–Trinajstić information content (AvgIpc) is 2.70. The predicted molar refractivity (Wildman–Crippen MR) is 122 cm³/mol. The summed E-state index contributed by atoms with van der Waals surface area (Å²) in [5, 5.41) is 7.64. The van der Waals surface area contributed by atoms with E-state index in [1.165, 1.54) is 11.1 Å². The minimum atomic E-state index is -0.221. The number of aryl methyl sites for hydroxylation is 1. The Morgan fingerprint density at radius 2 is 1.53 bits per heavy atom. The maximum absolute atomic E-state index is 12.3. The van der Waals surface area contributed by atoms with Crippen molar-refractivity contribution in [1.29, 1.82) is 0 Å². The van der Waals surface area contributed by atoms with E-state index in [9.17, 15) is 9.59 Å². The van der Waals surface area contributed by atoms with E-state index in [1.54, 1.807) is 0 Å². The van der Waals surface area contributed by atoms with Crippen molar-refractivity contribution in [3.63, 3.8) is 0 Å². The highest BCUT2D eigenvalue weighted by Gasteiger charge is 2.21. The van der Waals surface area contributed by atoms with Crippen LogP contribution in [0.2, 0.25) is 0 Å². The standard InChI is InChI=1S/C25H35N3O2/c1-16(2)20-10-12-21(13-11-20)25(17(3)4)27-14-23(29)26-15-24(30)28-22-9-7-8-18(5)19(22)6/h7-13,16-17,25,27H,14-15H2,1-6H3,(H,26,29)(H,28,30)/p+1/t25-/m1/s1. The van der Waals surface area contributed by atoms with E-state index in [2.05, 4.69) is 62.6 Å². The molecular formula is C25H36N3O2+. The number of benzene rings is 2. The highest BCUT2D eigenvalue weighted by molar-refractivity contribution is 5.95. The molecule has 2 rings (SSSR count). The van der Waals surface area contributed by atoms with E-state index in [4.69, 9.17) is 0 Å². The predicted octanol–water partition coefficient (Wildman–Crippen LogP) is 3.44. The maximum atomic E-state index is 12.3. The van der Waals surface area contributed by atoms with Crippen molar-refractivity contribution < 1.29 is 14.9 Å². The van der Waals surface area contributed by atoms with Crippen LogP contribution in [0.3, 0.4) is 0 Å². The Labute approximate surface area is 180 Å². The monoisotopic (exact) mass is 410 g/mol. The van der Waals surface area contributed by atoms with Crippen molar-refractivity contribution in [3.8, 4) is 0 Å².